The third-order valence-corrected chi connectivity index (χ3v) is 6.82. The molecule has 1 aliphatic rings. The largest absolute Gasteiger partial charge is 0.325 e. The number of nitrogens with one attached hydrogen (secondary N) is 1. The molecule has 0 radical (unpaired) electrons. The Morgan fingerprint density at radius 1 is 1.27 bits per heavy atom. The average molecular weight is 384 g/mol. The van der Waals surface area contributed by atoms with Gasteiger partial charge in [0.2, 0.25) is 5.91 Å². The van der Waals surface area contributed by atoms with Crippen LogP contribution in [0.4, 0.5) is 5.69 Å². The van der Waals surface area contributed by atoms with E-state index in [4.69, 9.17) is 0 Å². The Bertz CT molecular complexity index is 981. The van der Waals surface area contributed by atoms with Crippen molar-refractivity contribution in [2.45, 2.75) is 44.6 Å². The number of fused-ring (bicyclic) bond motifs is 3. The number of thioether (sulfide) groups is 1. The molecule has 1 N–H and O–H groups in total. The molecule has 2 aromatic heterocycles. The van der Waals surface area contributed by atoms with Gasteiger partial charge in [-0.05, 0) is 49.8 Å². The summed E-state index contributed by atoms with van der Waals surface area (Å²) in [6.45, 7) is 4.02. The van der Waals surface area contributed by atoms with Crippen molar-refractivity contribution in [3.05, 3.63) is 46.1 Å². The Balaban J connectivity index is 1.53. The number of thiophene rings is 1. The number of benzene rings is 1. The van der Waals surface area contributed by atoms with Crippen molar-refractivity contribution in [3.63, 3.8) is 0 Å². The molecule has 0 unspecified atom stereocenters. The zero-order valence-electron chi connectivity index (χ0n) is 15.0. The lowest BCUT2D eigenvalue weighted by Crippen LogP contribution is -2.15. The molecule has 3 aromatic rings. The number of carbonyl (C=O) groups excluding carboxylic acids is 1. The van der Waals surface area contributed by atoms with Crippen molar-refractivity contribution in [1.29, 1.82) is 0 Å². The number of aryl methyl sites for hydroxylation is 4. The highest BCUT2D eigenvalue weighted by Crippen LogP contribution is 2.40. The van der Waals surface area contributed by atoms with Crippen LogP contribution in [0.15, 0.2) is 29.3 Å². The molecular weight excluding hydrogens is 362 g/mol. The van der Waals surface area contributed by atoms with Crippen molar-refractivity contribution in [2.24, 2.45) is 0 Å². The smallest absolute Gasteiger partial charge is 0.234 e. The van der Waals surface area contributed by atoms with Gasteiger partial charge >= 0.3 is 0 Å². The average Bonchev–Trinajstić information content (AvgIpc) is 3.20. The molecule has 1 aliphatic carbocycles. The number of para-hydroxylation sites is 1. The Morgan fingerprint density at radius 2 is 2.12 bits per heavy atom. The summed E-state index contributed by atoms with van der Waals surface area (Å²) >= 11 is 3.31. The SMILES string of the molecule is CCc1ccccc1NC(=O)CSc1nc(C)nc2sc3c(c12)CCC3. The number of rotatable bonds is 5. The van der Waals surface area contributed by atoms with Gasteiger partial charge in [-0.1, -0.05) is 36.9 Å². The number of hydrogen-bond acceptors (Lipinski definition) is 5. The first kappa shape index (κ1) is 17.5. The topological polar surface area (TPSA) is 54.9 Å². The third kappa shape index (κ3) is 3.35. The molecule has 0 spiro atoms. The monoisotopic (exact) mass is 383 g/mol. The molecule has 1 aromatic carbocycles. The Morgan fingerprint density at radius 3 is 2.96 bits per heavy atom. The van der Waals surface area contributed by atoms with Gasteiger partial charge in [-0.25, -0.2) is 9.97 Å². The molecule has 0 saturated heterocycles. The lowest BCUT2D eigenvalue weighted by atomic mass is 10.1. The summed E-state index contributed by atoms with van der Waals surface area (Å²) in [7, 11) is 0. The molecule has 4 rings (SSSR count). The fraction of sp³-hybridized carbons (Fsp3) is 0.350. The summed E-state index contributed by atoms with van der Waals surface area (Å²) < 4.78 is 0. The second kappa shape index (κ2) is 7.37. The van der Waals surface area contributed by atoms with Crippen LogP contribution in [0.3, 0.4) is 0 Å². The van der Waals surface area contributed by atoms with Gasteiger partial charge in [0.05, 0.1) is 5.75 Å². The first-order valence-corrected chi connectivity index (χ1v) is 10.8. The fourth-order valence-corrected chi connectivity index (χ4v) is 5.71. The molecule has 1 amide bonds. The molecule has 0 atom stereocenters. The third-order valence-electron chi connectivity index (χ3n) is 4.66. The molecule has 0 aliphatic heterocycles. The van der Waals surface area contributed by atoms with E-state index in [1.165, 1.54) is 34.0 Å². The van der Waals surface area contributed by atoms with E-state index in [2.05, 4.69) is 28.3 Å². The van der Waals surface area contributed by atoms with Crippen LogP contribution in [0, 0.1) is 6.92 Å². The second-order valence-electron chi connectivity index (χ2n) is 6.46. The first-order valence-electron chi connectivity index (χ1n) is 8.95. The molecule has 26 heavy (non-hydrogen) atoms. The maximum atomic E-state index is 12.5. The number of nitrogens with zero attached hydrogens (tertiary/aromatic N) is 2. The van der Waals surface area contributed by atoms with Crippen LogP contribution >= 0.6 is 23.1 Å². The van der Waals surface area contributed by atoms with E-state index in [9.17, 15) is 4.79 Å². The minimum Gasteiger partial charge on any atom is -0.325 e. The van der Waals surface area contributed by atoms with E-state index in [-0.39, 0.29) is 5.91 Å². The molecule has 6 heteroatoms. The van der Waals surface area contributed by atoms with Crippen molar-refractivity contribution in [3.8, 4) is 0 Å². The Kier molecular flexibility index (Phi) is 4.96. The van der Waals surface area contributed by atoms with Crippen LogP contribution in [0.25, 0.3) is 10.2 Å². The molecule has 0 bridgehead atoms. The van der Waals surface area contributed by atoms with Gasteiger partial charge < -0.3 is 5.32 Å². The van der Waals surface area contributed by atoms with Crippen molar-refractivity contribution in [1.82, 2.24) is 9.97 Å². The van der Waals surface area contributed by atoms with Crippen molar-refractivity contribution in [2.75, 3.05) is 11.1 Å². The van der Waals surface area contributed by atoms with Crippen LogP contribution in [-0.4, -0.2) is 21.6 Å². The highest BCUT2D eigenvalue weighted by Gasteiger charge is 2.22. The van der Waals surface area contributed by atoms with E-state index < -0.39 is 0 Å². The standard InChI is InChI=1S/C20H21N3OS2/c1-3-13-7-4-5-9-15(13)23-17(24)11-25-19-18-14-8-6-10-16(14)26-20(18)22-12(2)21-19/h4-5,7,9H,3,6,8,10-11H2,1-2H3,(H,23,24). The maximum absolute atomic E-state index is 12.5. The summed E-state index contributed by atoms with van der Waals surface area (Å²) in [6.07, 6.45) is 4.36. The van der Waals surface area contributed by atoms with E-state index in [1.807, 2.05) is 25.1 Å². The number of amides is 1. The minimum atomic E-state index is 0.00666. The Labute approximate surface area is 161 Å². The van der Waals surface area contributed by atoms with Crippen molar-refractivity contribution >= 4 is 44.9 Å². The summed E-state index contributed by atoms with van der Waals surface area (Å²) in [4.78, 5) is 24.2. The molecule has 2 heterocycles. The predicted octanol–water partition coefficient (Wildman–Crippen LogP) is 4.78. The van der Waals surface area contributed by atoms with Crippen LogP contribution in [0.2, 0.25) is 0 Å². The number of hydrogen-bond donors (Lipinski definition) is 1. The lowest BCUT2D eigenvalue weighted by molar-refractivity contribution is -0.113. The van der Waals surface area contributed by atoms with Crippen LogP contribution in [0.1, 0.15) is 35.2 Å². The van der Waals surface area contributed by atoms with Gasteiger partial charge in [0.25, 0.3) is 0 Å². The van der Waals surface area contributed by atoms with Gasteiger partial charge in [-0.3, -0.25) is 4.79 Å². The zero-order chi connectivity index (χ0) is 18.1. The molecule has 0 fully saturated rings. The maximum Gasteiger partial charge on any atom is 0.234 e. The minimum absolute atomic E-state index is 0.00666. The van der Waals surface area contributed by atoms with E-state index >= 15 is 0 Å². The molecule has 134 valence electrons. The lowest BCUT2D eigenvalue weighted by Gasteiger charge is -2.10. The van der Waals surface area contributed by atoms with Gasteiger partial charge in [0.1, 0.15) is 15.7 Å². The van der Waals surface area contributed by atoms with Crippen LogP contribution < -0.4 is 5.32 Å². The first-order chi connectivity index (χ1) is 12.7. The van der Waals surface area contributed by atoms with Crippen LogP contribution in [-0.2, 0) is 24.1 Å². The number of anilines is 1. The highest BCUT2D eigenvalue weighted by atomic mass is 32.2. The number of carbonyl (C=O) groups is 1. The van der Waals surface area contributed by atoms with Crippen molar-refractivity contribution < 1.29 is 4.79 Å². The van der Waals surface area contributed by atoms with Gasteiger partial charge in [0, 0.05) is 16.0 Å². The van der Waals surface area contributed by atoms with E-state index in [0.29, 0.717) is 5.75 Å². The summed E-state index contributed by atoms with van der Waals surface area (Å²) in [5.41, 5.74) is 3.46. The normalized spacial score (nSPS) is 13.2. The number of aromatic nitrogens is 2. The molecule has 4 nitrogen and oxygen atoms in total. The second-order valence-corrected chi connectivity index (χ2v) is 8.51. The summed E-state index contributed by atoms with van der Waals surface area (Å²) in [6, 6.07) is 7.96. The van der Waals surface area contributed by atoms with Gasteiger partial charge in [-0.15, -0.1) is 11.3 Å². The van der Waals surface area contributed by atoms with Crippen LogP contribution in [0.5, 0.6) is 0 Å². The van der Waals surface area contributed by atoms with E-state index in [1.54, 1.807) is 11.3 Å². The van der Waals surface area contributed by atoms with E-state index in [0.717, 1.165) is 46.2 Å². The summed E-state index contributed by atoms with van der Waals surface area (Å²) in [5.74, 6) is 1.14. The highest BCUT2D eigenvalue weighted by molar-refractivity contribution is 8.00. The van der Waals surface area contributed by atoms with Gasteiger partial charge in [-0.2, -0.15) is 0 Å². The quantitative estimate of drug-likeness (QED) is 0.509. The zero-order valence-corrected chi connectivity index (χ0v) is 16.6. The fourth-order valence-electron chi connectivity index (χ4n) is 3.44. The molecule has 0 saturated carbocycles. The predicted molar refractivity (Wildman–Crippen MR) is 109 cm³/mol. The molecular formula is C20H21N3OS2. The summed E-state index contributed by atoms with van der Waals surface area (Å²) in [5, 5.41) is 5.17. The van der Waals surface area contributed by atoms with Gasteiger partial charge in [0.15, 0.2) is 0 Å². The Hall–Kier alpha value is -1.92.